The van der Waals surface area contributed by atoms with Crippen LogP contribution in [0.4, 0.5) is 10.7 Å². The molecular formula is C20H25N7O. The molecule has 0 saturated carbocycles. The maximum Gasteiger partial charge on any atom is 0.321 e. The summed E-state index contributed by atoms with van der Waals surface area (Å²) in [6.45, 7) is 6.67. The topological polar surface area (TPSA) is 107 Å². The number of aromatic nitrogens is 3. The Hall–Kier alpha value is -3.42. The first kappa shape index (κ1) is 19.3. The Morgan fingerprint density at radius 3 is 2.68 bits per heavy atom. The third kappa shape index (κ3) is 5.06. The van der Waals surface area contributed by atoms with Gasteiger partial charge in [-0.3, -0.25) is 15.6 Å². The number of aryl methyl sites for hydroxylation is 2. The van der Waals surface area contributed by atoms with Crippen molar-refractivity contribution in [2.24, 2.45) is 4.99 Å². The van der Waals surface area contributed by atoms with Gasteiger partial charge < -0.3 is 10.3 Å². The predicted octanol–water partition coefficient (Wildman–Crippen LogP) is 2.90. The van der Waals surface area contributed by atoms with Gasteiger partial charge in [0, 0.05) is 41.6 Å². The van der Waals surface area contributed by atoms with E-state index in [2.05, 4.69) is 42.0 Å². The van der Waals surface area contributed by atoms with Gasteiger partial charge in [-0.25, -0.2) is 14.8 Å². The Bertz CT molecular complexity index is 973. The van der Waals surface area contributed by atoms with Gasteiger partial charge in [0.1, 0.15) is 0 Å². The van der Waals surface area contributed by atoms with E-state index >= 15 is 0 Å². The summed E-state index contributed by atoms with van der Waals surface area (Å²) in [5.41, 5.74) is 3.96. The summed E-state index contributed by atoms with van der Waals surface area (Å²) in [4.78, 5) is 28.4. The lowest BCUT2D eigenvalue weighted by Crippen LogP contribution is -2.43. The van der Waals surface area contributed by atoms with Gasteiger partial charge in [-0.15, -0.1) is 0 Å². The van der Waals surface area contributed by atoms with E-state index < -0.39 is 0 Å². The van der Waals surface area contributed by atoms with E-state index in [9.17, 15) is 4.79 Å². The van der Waals surface area contributed by atoms with Gasteiger partial charge in [0.15, 0.2) is 0 Å². The number of fused-ring (bicyclic) bond motifs is 1. The standard InChI is InChI=1S/C20H25N7O/c1-4-21-20(28)27-18(26-19-24-13(2)11-14(3)25-19)22-10-9-15-12-23-17-8-6-5-7-16(15)17/h5-8,11-12,23H,4,9-10H2,1-3H3,(H3,21,22,24,25,26,27,28). The highest BCUT2D eigenvalue weighted by Gasteiger charge is 2.09. The molecule has 3 aromatic rings. The van der Waals surface area contributed by atoms with Crippen molar-refractivity contribution in [1.29, 1.82) is 0 Å². The summed E-state index contributed by atoms with van der Waals surface area (Å²) in [5, 5.41) is 9.62. The summed E-state index contributed by atoms with van der Waals surface area (Å²) in [6, 6.07) is 9.71. The number of nitrogens with zero attached hydrogens (tertiary/aromatic N) is 3. The van der Waals surface area contributed by atoms with Gasteiger partial charge in [-0.05, 0) is 44.9 Å². The fourth-order valence-electron chi connectivity index (χ4n) is 2.94. The SMILES string of the molecule is CCNC(=O)NC(=NCCc1c[nH]c2ccccc12)Nc1nc(C)cc(C)n1. The molecule has 8 heteroatoms. The third-order valence-electron chi connectivity index (χ3n) is 4.11. The number of rotatable bonds is 5. The molecule has 2 amide bonds. The number of carbonyl (C=O) groups excluding carboxylic acids is 1. The molecule has 0 fully saturated rings. The first-order valence-electron chi connectivity index (χ1n) is 9.28. The number of amides is 2. The van der Waals surface area contributed by atoms with E-state index in [0.29, 0.717) is 25.0 Å². The Balaban J connectivity index is 1.74. The zero-order valence-corrected chi connectivity index (χ0v) is 16.3. The summed E-state index contributed by atoms with van der Waals surface area (Å²) in [5.74, 6) is 0.718. The maximum absolute atomic E-state index is 12.0. The molecule has 0 aliphatic heterocycles. The number of aromatic amines is 1. The van der Waals surface area contributed by atoms with Crippen molar-refractivity contribution in [3.63, 3.8) is 0 Å². The second-order valence-electron chi connectivity index (χ2n) is 6.42. The van der Waals surface area contributed by atoms with Gasteiger partial charge in [-0.2, -0.15) is 0 Å². The number of urea groups is 1. The number of hydrogen-bond acceptors (Lipinski definition) is 4. The van der Waals surface area contributed by atoms with Gasteiger partial charge in [0.05, 0.1) is 0 Å². The summed E-state index contributed by atoms with van der Waals surface area (Å²) >= 11 is 0. The van der Waals surface area contributed by atoms with Crippen molar-refractivity contribution >= 4 is 28.8 Å². The molecule has 0 aliphatic rings. The molecule has 0 bridgehead atoms. The molecule has 1 aromatic carbocycles. The molecule has 8 nitrogen and oxygen atoms in total. The lowest BCUT2D eigenvalue weighted by Gasteiger charge is -2.11. The highest BCUT2D eigenvalue weighted by atomic mass is 16.2. The van der Waals surface area contributed by atoms with E-state index in [1.54, 1.807) is 0 Å². The van der Waals surface area contributed by atoms with Crippen molar-refractivity contribution in [2.75, 3.05) is 18.4 Å². The van der Waals surface area contributed by atoms with Crippen LogP contribution in [0, 0.1) is 13.8 Å². The van der Waals surface area contributed by atoms with E-state index in [1.807, 2.05) is 51.2 Å². The molecule has 28 heavy (non-hydrogen) atoms. The second kappa shape index (κ2) is 8.98. The Morgan fingerprint density at radius 2 is 1.93 bits per heavy atom. The van der Waals surface area contributed by atoms with Gasteiger partial charge >= 0.3 is 6.03 Å². The van der Waals surface area contributed by atoms with E-state index in [4.69, 9.17) is 0 Å². The van der Waals surface area contributed by atoms with Crippen LogP contribution < -0.4 is 16.0 Å². The van der Waals surface area contributed by atoms with Crippen LogP contribution >= 0.6 is 0 Å². The average Bonchev–Trinajstić information content (AvgIpc) is 3.04. The van der Waals surface area contributed by atoms with E-state index in [1.165, 1.54) is 10.9 Å². The fourth-order valence-corrected chi connectivity index (χ4v) is 2.94. The number of para-hydroxylation sites is 1. The second-order valence-corrected chi connectivity index (χ2v) is 6.42. The van der Waals surface area contributed by atoms with Crippen LogP contribution in [0.5, 0.6) is 0 Å². The Morgan fingerprint density at radius 1 is 1.18 bits per heavy atom. The minimum atomic E-state index is -0.329. The number of guanidine groups is 1. The molecule has 0 atom stereocenters. The van der Waals surface area contributed by atoms with Crippen LogP contribution in [0.15, 0.2) is 41.5 Å². The number of benzene rings is 1. The highest BCUT2D eigenvalue weighted by molar-refractivity contribution is 6.02. The Labute approximate surface area is 163 Å². The minimum Gasteiger partial charge on any atom is -0.361 e. The number of H-pyrrole nitrogens is 1. The average molecular weight is 379 g/mol. The third-order valence-corrected chi connectivity index (χ3v) is 4.11. The van der Waals surface area contributed by atoms with E-state index in [-0.39, 0.29) is 6.03 Å². The largest absolute Gasteiger partial charge is 0.361 e. The molecule has 4 N–H and O–H groups in total. The first-order valence-corrected chi connectivity index (χ1v) is 9.28. The lowest BCUT2D eigenvalue weighted by molar-refractivity contribution is 0.246. The number of nitrogens with one attached hydrogen (secondary N) is 4. The quantitative estimate of drug-likeness (QED) is 0.404. The molecule has 146 valence electrons. The Kier molecular flexibility index (Phi) is 6.21. The minimum absolute atomic E-state index is 0.316. The molecule has 0 saturated heterocycles. The first-order chi connectivity index (χ1) is 13.5. The van der Waals surface area contributed by atoms with Crippen molar-refractivity contribution in [3.05, 3.63) is 53.5 Å². The zero-order chi connectivity index (χ0) is 19.9. The van der Waals surface area contributed by atoms with Crippen molar-refractivity contribution in [1.82, 2.24) is 25.6 Å². The van der Waals surface area contributed by atoms with Crippen LogP contribution in [0.3, 0.4) is 0 Å². The lowest BCUT2D eigenvalue weighted by atomic mass is 10.1. The van der Waals surface area contributed by atoms with Crippen LogP contribution in [0.2, 0.25) is 0 Å². The number of carbonyl (C=O) groups is 1. The molecule has 2 aromatic heterocycles. The molecule has 0 radical (unpaired) electrons. The van der Waals surface area contributed by atoms with Crippen molar-refractivity contribution in [3.8, 4) is 0 Å². The molecule has 0 unspecified atom stereocenters. The predicted molar refractivity (Wildman–Crippen MR) is 112 cm³/mol. The van der Waals surface area contributed by atoms with Crippen LogP contribution in [0.1, 0.15) is 23.9 Å². The number of aliphatic imine (C=N–C) groups is 1. The van der Waals surface area contributed by atoms with Gasteiger partial charge in [0.2, 0.25) is 11.9 Å². The number of hydrogen-bond donors (Lipinski definition) is 4. The van der Waals surface area contributed by atoms with Crippen LogP contribution in [-0.4, -0.2) is 40.0 Å². The maximum atomic E-state index is 12.0. The molecule has 3 rings (SSSR count). The molecule has 0 spiro atoms. The smallest absolute Gasteiger partial charge is 0.321 e. The molecular weight excluding hydrogens is 354 g/mol. The van der Waals surface area contributed by atoms with Crippen molar-refractivity contribution < 1.29 is 4.79 Å². The summed E-state index contributed by atoms with van der Waals surface area (Å²) < 4.78 is 0. The van der Waals surface area contributed by atoms with Gasteiger partial charge in [0.25, 0.3) is 0 Å². The van der Waals surface area contributed by atoms with E-state index in [0.717, 1.165) is 23.3 Å². The van der Waals surface area contributed by atoms with Crippen molar-refractivity contribution in [2.45, 2.75) is 27.2 Å². The number of anilines is 1. The molecule has 2 heterocycles. The monoisotopic (exact) mass is 379 g/mol. The normalized spacial score (nSPS) is 11.5. The fraction of sp³-hybridized carbons (Fsp3) is 0.300. The van der Waals surface area contributed by atoms with Crippen LogP contribution in [0.25, 0.3) is 10.9 Å². The van der Waals surface area contributed by atoms with Crippen LogP contribution in [-0.2, 0) is 6.42 Å². The van der Waals surface area contributed by atoms with Gasteiger partial charge in [-0.1, -0.05) is 18.2 Å². The summed E-state index contributed by atoms with van der Waals surface area (Å²) in [7, 11) is 0. The summed E-state index contributed by atoms with van der Waals surface area (Å²) in [6.07, 6.45) is 2.73. The highest BCUT2D eigenvalue weighted by Crippen LogP contribution is 2.18. The molecule has 0 aliphatic carbocycles. The zero-order valence-electron chi connectivity index (χ0n) is 16.3.